The van der Waals surface area contributed by atoms with Crippen LogP contribution in [0.25, 0.3) is 10.2 Å². The monoisotopic (exact) mass is 382 g/mol. The van der Waals surface area contributed by atoms with E-state index in [0.29, 0.717) is 22.2 Å². The van der Waals surface area contributed by atoms with Crippen molar-refractivity contribution in [1.29, 1.82) is 0 Å². The second kappa shape index (κ2) is 7.53. The number of thioether (sulfide) groups is 1. The Hall–Kier alpha value is -1.27. The van der Waals surface area contributed by atoms with Crippen LogP contribution in [0.3, 0.4) is 0 Å². The molecule has 0 aliphatic heterocycles. The van der Waals surface area contributed by atoms with Crippen LogP contribution in [0.2, 0.25) is 10.0 Å². The maximum atomic E-state index is 12.1. The lowest BCUT2D eigenvalue weighted by Crippen LogP contribution is -2.12. The summed E-state index contributed by atoms with van der Waals surface area (Å²) < 4.78 is 0.899. The molecule has 1 amide bonds. The summed E-state index contributed by atoms with van der Waals surface area (Å²) in [5.41, 5.74) is 3.21. The summed E-state index contributed by atoms with van der Waals surface area (Å²) in [4.78, 5) is 17.4. The van der Waals surface area contributed by atoms with E-state index in [2.05, 4.69) is 10.3 Å². The number of benzene rings is 2. The van der Waals surface area contributed by atoms with Crippen LogP contribution in [0.5, 0.6) is 0 Å². The SMILES string of the molecule is O=C(CCSc1ccc(Cl)cc1)Nc1ccc(Cl)c2ncsc12. The normalized spacial score (nSPS) is 10.9. The van der Waals surface area contributed by atoms with Crippen molar-refractivity contribution in [3.63, 3.8) is 0 Å². The van der Waals surface area contributed by atoms with E-state index in [1.807, 2.05) is 30.3 Å². The van der Waals surface area contributed by atoms with Gasteiger partial charge in [0.05, 0.1) is 20.9 Å². The molecule has 0 aliphatic rings. The first kappa shape index (κ1) is 16.6. The van der Waals surface area contributed by atoms with Gasteiger partial charge in [-0.15, -0.1) is 23.1 Å². The summed E-state index contributed by atoms with van der Waals surface area (Å²) in [6, 6.07) is 11.2. The Morgan fingerprint density at radius 1 is 1.17 bits per heavy atom. The number of aromatic nitrogens is 1. The Balaban J connectivity index is 1.57. The molecule has 2 aromatic carbocycles. The number of rotatable bonds is 5. The van der Waals surface area contributed by atoms with Crippen molar-refractivity contribution in [2.24, 2.45) is 0 Å². The van der Waals surface area contributed by atoms with Gasteiger partial charge in [0.15, 0.2) is 0 Å². The number of nitrogens with one attached hydrogen (secondary N) is 1. The standard InChI is InChI=1S/C16H12Cl2N2OS2/c17-10-1-3-11(4-2-10)22-8-7-14(21)20-13-6-5-12(18)15-16(13)23-9-19-15/h1-6,9H,7-8H2,(H,20,21). The molecule has 0 fully saturated rings. The van der Waals surface area contributed by atoms with Crippen molar-refractivity contribution in [3.05, 3.63) is 52.0 Å². The van der Waals surface area contributed by atoms with Gasteiger partial charge < -0.3 is 5.32 Å². The van der Waals surface area contributed by atoms with E-state index in [-0.39, 0.29) is 5.91 Å². The van der Waals surface area contributed by atoms with Gasteiger partial charge in [-0.2, -0.15) is 0 Å². The van der Waals surface area contributed by atoms with E-state index in [0.717, 1.165) is 20.8 Å². The number of carbonyl (C=O) groups excluding carboxylic acids is 1. The largest absolute Gasteiger partial charge is 0.325 e. The first-order valence-corrected chi connectivity index (χ1v) is 9.45. The first-order valence-electron chi connectivity index (χ1n) is 6.83. The molecule has 7 heteroatoms. The molecule has 0 unspecified atom stereocenters. The zero-order valence-electron chi connectivity index (χ0n) is 11.9. The van der Waals surface area contributed by atoms with Gasteiger partial charge in [-0.3, -0.25) is 4.79 Å². The van der Waals surface area contributed by atoms with Crippen LogP contribution in [0.15, 0.2) is 46.8 Å². The summed E-state index contributed by atoms with van der Waals surface area (Å²) >= 11 is 15.0. The van der Waals surface area contributed by atoms with Crippen LogP contribution in [0.4, 0.5) is 5.69 Å². The molecule has 0 spiro atoms. The lowest BCUT2D eigenvalue weighted by Gasteiger charge is -2.07. The number of hydrogen-bond acceptors (Lipinski definition) is 4. The average molecular weight is 383 g/mol. The minimum absolute atomic E-state index is 0.0246. The first-order chi connectivity index (χ1) is 11.1. The Labute approximate surface area is 152 Å². The second-order valence-corrected chi connectivity index (χ2v) is 7.59. The molecule has 1 aromatic heterocycles. The molecule has 0 saturated heterocycles. The highest BCUT2D eigenvalue weighted by Gasteiger charge is 2.10. The fourth-order valence-electron chi connectivity index (χ4n) is 2.02. The predicted octanol–water partition coefficient (Wildman–Crippen LogP) is 5.72. The van der Waals surface area contributed by atoms with Crippen molar-refractivity contribution in [3.8, 4) is 0 Å². The van der Waals surface area contributed by atoms with Gasteiger partial charge in [0, 0.05) is 22.1 Å². The molecule has 0 saturated carbocycles. The molecule has 3 aromatic rings. The second-order valence-electron chi connectivity index (χ2n) is 4.73. The molecule has 3 nitrogen and oxygen atoms in total. The smallest absolute Gasteiger partial charge is 0.225 e. The van der Waals surface area contributed by atoms with E-state index < -0.39 is 0 Å². The van der Waals surface area contributed by atoms with E-state index in [1.54, 1.807) is 23.3 Å². The molecular weight excluding hydrogens is 371 g/mol. The third-order valence-corrected chi connectivity index (χ3v) is 5.55. The molecule has 118 valence electrons. The summed E-state index contributed by atoms with van der Waals surface area (Å²) in [6.45, 7) is 0. The molecule has 0 radical (unpaired) electrons. The quantitative estimate of drug-likeness (QED) is 0.573. The van der Waals surface area contributed by atoms with Crippen molar-refractivity contribution >= 4 is 68.1 Å². The molecule has 0 atom stereocenters. The van der Waals surface area contributed by atoms with Gasteiger partial charge >= 0.3 is 0 Å². The number of nitrogens with zero attached hydrogens (tertiary/aromatic N) is 1. The van der Waals surface area contributed by atoms with Crippen LogP contribution < -0.4 is 5.32 Å². The number of carbonyl (C=O) groups is 1. The highest BCUT2D eigenvalue weighted by Crippen LogP contribution is 2.32. The molecule has 1 heterocycles. The number of thiazole rings is 1. The number of hydrogen-bond donors (Lipinski definition) is 1. The summed E-state index contributed by atoms with van der Waals surface area (Å²) in [7, 11) is 0. The summed E-state index contributed by atoms with van der Waals surface area (Å²) in [6.07, 6.45) is 0.427. The number of halogens is 2. The van der Waals surface area contributed by atoms with Crippen molar-refractivity contribution in [1.82, 2.24) is 4.98 Å². The third kappa shape index (κ3) is 4.18. The molecule has 0 aliphatic carbocycles. The average Bonchev–Trinajstić information content (AvgIpc) is 3.03. The van der Waals surface area contributed by atoms with Gasteiger partial charge in [0.1, 0.15) is 5.52 Å². The number of anilines is 1. The van der Waals surface area contributed by atoms with E-state index in [4.69, 9.17) is 23.2 Å². The minimum atomic E-state index is -0.0246. The van der Waals surface area contributed by atoms with Gasteiger partial charge in [0.25, 0.3) is 0 Å². The molecule has 3 rings (SSSR count). The van der Waals surface area contributed by atoms with E-state index >= 15 is 0 Å². The number of amides is 1. The zero-order valence-corrected chi connectivity index (χ0v) is 15.0. The lowest BCUT2D eigenvalue weighted by molar-refractivity contribution is -0.115. The highest BCUT2D eigenvalue weighted by atomic mass is 35.5. The molecular formula is C16H12Cl2N2OS2. The molecule has 23 heavy (non-hydrogen) atoms. The molecule has 0 bridgehead atoms. The van der Waals surface area contributed by atoms with Crippen molar-refractivity contribution in [2.45, 2.75) is 11.3 Å². The fourth-order valence-corrected chi connectivity index (χ4v) is 4.05. The van der Waals surface area contributed by atoms with E-state index in [1.165, 1.54) is 11.3 Å². The van der Waals surface area contributed by atoms with Gasteiger partial charge in [-0.1, -0.05) is 23.2 Å². The van der Waals surface area contributed by atoms with Crippen LogP contribution in [-0.4, -0.2) is 16.6 Å². The summed E-state index contributed by atoms with van der Waals surface area (Å²) in [5.74, 6) is 0.677. The van der Waals surface area contributed by atoms with Gasteiger partial charge in [-0.05, 0) is 36.4 Å². The van der Waals surface area contributed by atoms with Crippen LogP contribution in [0.1, 0.15) is 6.42 Å². The van der Waals surface area contributed by atoms with Crippen molar-refractivity contribution in [2.75, 3.05) is 11.1 Å². The number of fused-ring (bicyclic) bond motifs is 1. The Bertz CT molecular complexity index is 834. The Morgan fingerprint density at radius 2 is 1.96 bits per heavy atom. The van der Waals surface area contributed by atoms with Crippen molar-refractivity contribution < 1.29 is 4.79 Å². The third-order valence-electron chi connectivity index (χ3n) is 3.12. The zero-order chi connectivity index (χ0) is 16.2. The Kier molecular flexibility index (Phi) is 5.43. The Morgan fingerprint density at radius 3 is 2.74 bits per heavy atom. The van der Waals surface area contributed by atoms with Crippen LogP contribution in [0, 0.1) is 0 Å². The topological polar surface area (TPSA) is 42.0 Å². The van der Waals surface area contributed by atoms with Gasteiger partial charge in [-0.25, -0.2) is 4.98 Å². The van der Waals surface area contributed by atoms with E-state index in [9.17, 15) is 4.79 Å². The van der Waals surface area contributed by atoms with Gasteiger partial charge in [0.2, 0.25) is 5.91 Å². The minimum Gasteiger partial charge on any atom is -0.325 e. The van der Waals surface area contributed by atoms with Crippen LogP contribution >= 0.6 is 46.3 Å². The summed E-state index contributed by atoms with van der Waals surface area (Å²) in [5, 5.41) is 4.24. The predicted molar refractivity (Wildman–Crippen MR) is 100 cm³/mol. The highest BCUT2D eigenvalue weighted by molar-refractivity contribution is 7.99. The maximum Gasteiger partial charge on any atom is 0.225 e. The molecule has 1 N–H and O–H groups in total. The maximum absolute atomic E-state index is 12.1. The fraction of sp³-hybridized carbons (Fsp3) is 0.125. The van der Waals surface area contributed by atoms with Crippen LogP contribution in [-0.2, 0) is 4.79 Å². The lowest BCUT2D eigenvalue weighted by atomic mass is 10.3.